The van der Waals surface area contributed by atoms with Crippen molar-refractivity contribution in [3.8, 4) is 0 Å². The van der Waals surface area contributed by atoms with Crippen LogP contribution in [0.15, 0.2) is 34.4 Å². The Morgan fingerprint density at radius 3 is 2.56 bits per heavy atom. The van der Waals surface area contributed by atoms with E-state index in [2.05, 4.69) is 20.8 Å². The predicted octanol–water partition coefficient (Wildman–Crippen LogP) is 3.31. The van der Waals surface area contributed by atoms with Gasteiger partial charge in [-0.1, -0.05) is 42.7 Å². The Balaban J connectivity index is 2.20. The fraction of sp³-hybridized carbons (Fsp3) is 0.700. The summed E-state index contributed by atoms with van der Waals surface area (Å²) in [5, 5.41) is 18.1. The van der Waals surface area contributed by atoms with E-state index in [9.17, 15) is 18.6 Å². The lowest BCUT2D eigenvalue weighted by molar-refractivity contribution is 0.215. The van der Waals surface area contributed by atoms with E-state index in [4.69, 9.17) is 0 Å². The largest absolute Gasteiger partial charge is 0.395 e. The summed E-state index contributed by atoms with van der Waals surface area (Å²) >= 11 is 0. The Hall–Kier alpha value is -0.910. The van der Waals surface area contributed by atoms with Gasteiger partial charge >= 0.3 is 0 Å². The van der Waals surface area contributed by atoms with Gasteiger partial charge in [0.2, 0.25) is 0 Å². The molecule has 2 rings (SSSR count). The Morgan fingerprint density at radius 2 is 2.04 bits per heavy atom. The highest BCUT2D eigenvalue weighted by Gasteiger charge is 2.43. The summed E-state index contributed by atoms with van der Waals surface area (Å²) in [6.07, 6.45) is 6.73. The van der Waals surface area contributed by atoms with E-state index in [0.717, 1.165) is 19.3 Å². The van der Waals surface area contributed by atoms with Gasteiger partial charge in [0, 0.05) is 0 Å². The molecule has 0 bridgehead atoms. The molecule has 25 heavy (non-hydrogen) atoms. The molecule has 0 spiro atoms. The molecule has 5 heteroatoms. The molecule has 2 aliphatic rings. The zero-order chi connectivity index (χ0) is 19.0. The van der Waals surface area contributed by atoms with Crippen LogP contribution in [0, 0.1) is 5.41 Å². The van der Waals surface area contributed by atoms with Crippen LogP contribution in [0.1, 0.15) is 60.3 Å². The van der Waals surface area contributed by atoms with Gasteiger partial charge in [-0.3, -0.25) is 0 Å². The third-order valence-corrected chi connectivity index (χ3v) is 8.43. The lowest BCUT2D eigenvalue weighted by Crippen LogP contribution is -2.36. The number of hydrogen-bond donors (Lipinski definition) is 2. The predicted molar refractivity (Wildman–Crippen MR) is 102 cm³/mol. The second kappa shape index (κ2) is 7.37. The molecular formula is C20H32O4S. The normalized spacial score (nSPS) is 30.4. The van der Waals surface area contributed by atoms with Crippen molar-refractivity contribution in [2.45, 2.75) is 76.9 Å². The van der Waals surface area contributed by atoms with Gasteiger partial charge in [0.1, 0.15) is 10.5 Å². The third kappa shape index (κ3) is 3.93. The van der Waals surface area contributed by atoms with Crippen molar-refractivity contribution >= 4 is 9.84 Å². The first-order valence-electron chi connectivity index (χ1n) is 9.08. The molecule has 0 amide bonds. The van der Waals surface area contributed by atoms with Crippen molar-refractivity contribution in [2.75, 3.05) is 6.61 Å². The van der Waals surface area contributed by atoms with Gasteiger partial charge in [-0.05, 0) is 57.4 Å². The Morgan fingerprint density at radius 1 is 1.40 bits per heavy atom. The molecule has 4 nitrogen and oxygen atoms in total. The minimum atomic E-state index is -3.59. The summed E-state index contributed by atoms with van der Waals surface area (Å²) in [5.74, 6) is 0. The molecule has 0 aromatic heterocycles. The highest BCUT2D eigenvalue weighted by Crippen LogP contribution is 2.42. The second-order valence-corrected chi connectivity index (χ2v) is 10.5. The van der Waals surface area contributed by atoms with E-state index in [0.29, 0.717) is 11.1 Å². The lowest BCUT2D eigenvalue weighted by Gasteiger charge is -2.34. The fourth-order valence-electron chi connectivity index (χ4n) is 4.20. The Kier molecular flexibility index (Phi) is 6.02. The van der Waals surface area contributed by atoms with Crippen LogP contribution in [0.5, 0.6) is 0 Å². The summed E-state index contributed by atoms with van der Waals surface area (Å²) < 4.78 is 25.1. The first kappa shape index (κ1) is 20.4. The van der Waals surface area contributed by atoms with Crippen LogP contribution in [0.2, 0.25) is 0 Å². The molecule has 1 heterocycles. The van der Waals surface area contributed by atoms with Gasteiger partial charge in [0.15, 0.2) is 9.84 Å². The van der Waals surface area contributed by atoms with Crippen LogP contribution < -0.4 is 0 Å². The summed E-state index contributed by atoms with van der Waals surface area (Å²) in [4.78, 5) is 0. The van der Waals surface area contributed by atoms with E-state index < -0.39 is 33.0 Å². The molecule has 0 aromatic rings. The van der Waals surface area contributed by atoms with Crippen molar-refractivity contribution in [1.82, 2.24) is 0 Å². The molecule has 0 radical (unpaired) electrons. The first-order chi connectivity index (χ1) is 11.5. The van der Waals surface area contributed by atoms with Crippen LogP contribution in [0.4, 0.5) is 0 Å². The van der Waals surface area contributed by atoms with Crippen molar-refractivity contribution in [1.29, 1.82) is 0 Å². The molecule has 0 fully saturated rings. The van der Waals surface area contributed by atoms with Gasteiger partial charge < -0.3 is 10.2 Å². The van der Waals surface area contributed by atoms with Gasteiger partial charge in [-0.15, -0.1) is 0 Å². The maximum Gasteiger partial charge on any atom is 0.168 e. The Bertz CT molecular complexity index is 710. The lowest BCUT2D eigenvalue weighted by atomic mass is 9.71. The zero-order valence-corrected chi connectivity index (χ0v) is 16.9. The number of aliphatic hydroxyl groups is 2. The molecule has 3 atom stereocenters. The smallest absolute Gasteiger partial charge is 0.168 e. The van der Waals surface area contributed by atoms with E-state index >= 15 is 0 Å². The van der Waals surface area contributed by atoms with E-state index in [1.165, 1.54) is 17.6 Å². The first-order valence-corrected chi connectivity index (χ1v) is 10.7. The number of rotatable bonds is 5. The molecule has 0 saturated heterocycles. The topological polar surface area (TPSA) is 74.6 Å². The van der Waals surface area contributed by atoms with Crippen molar-refractivity contribution in [3.63, 3.8) is 0 Å². The van der Waals surface area contributed by atoms with Crippen molar-refractivity contribution in [3.05, 3.63) is 34.4 Å². The van der Waals surface area contributed by atoms with Crippen LogP contribution >= 0.6 is 0 Å². The monoisotopic (exact) mass is 368 g/mol. The summed E-state index contributed by atoms with van der Waals surface area (Å²) in [5.41, 5.74) is 4.27. The van der Waals surface area contributed by atoms with Crippen LogP contribution in [-0.2, 0) is 9.84 Å². The van der Waals surface area contributed by atoms with E-state index in [1.54, 1.807) is 19.9 Å². The highest BCUT2D eigenvalue weighted by molar-refractivity contribution is 7.93. The van der Waals surface area contributed by atoms with Crippen LogP contribution in [0.25, 0.3) is 0 Å². The van der Waals surface area contributed by atoms with Crippen LogP contribution in [-0.4, -0.2) is 41.8 Å². The van der Waals surface area contributed by atoms with Gasteiger partial charge in [0.05, 0.1) is 12.7 Å². The van der Waals surface area contributed by atoms with Gasteiger partial charge in [-0.2, -0.15) is 0 Å². The standard InChI is InChI=1S/C20H32O4S/c1-13-7-6-10-20(4,5)16(13)9-8-14(2)19(22)17-11-15(3)18(12-21)25(17,23)24/h8,11,17-19,21-22H,6-7,9-10,12H2,1-5H3/b14-8+. The SMILES string of the molecule is CC1=CC(C(O)/C(C)=C/CC2=C(C)CCCC2(C)C)S(=O)(=O)C1CO. The molecule has 0 aromatic carbocycles. The quantitative estimate of drug-likeness (QED) is 0.730. The average Bonchev–Trinajstić information content (AvgIpc) is 2.73. The molecule has 0 saturated carbocycles. The third-order valence-electron chi connectivity index (χ3n) is 5.97. The van der Waals surface area contributed by atoms with Gasteiger partial charge in [0.25, 0.3) is 0 Å². The van der Waals surface area contributed by atoms with E-state index in [1.807, 2.05) is 6.08 Å². The molecule has 1 aliphatic carbocycles. The fourth-order valence-corrected chi connectivity index (χ4v) is 6.36. The maximum absolute atomic E-state index is 12.5. The average molecular weight is 369 g/mol. The number of aliphatic hydroxyl groups excluding tert-OH is 2. The zero-order valence-electron chi connectivity index (χ0n) is 16.0. The van der Waals surface area contributed by atoms with Crippen molar-refractivity contribution in [2.24, 2.45) is 5.41 Å². The van der Waals surface area contributed by atoms with Gasteiger partial charge in [-0.25, -0.2) is 8.42 Å². The minimum Gasteiger partial charge on any atom is -0.395 e. The Labute approximate surface area is 152 Å². The molecule has 2 N–H and O–H groups in total. The van der Waals surface area contributed by atoms with E-state index in [-0.39, 0.29) is 5.41 Å². The molecular weight excluding hydrogens is 336 g/mol. The highest BCUT2D eigenvalue weighted by atomic mass is 32.2. The van der Waals surface area contributed by atoms with Crippen LogP contribution in [0.3, 0.4) is 0 Å². The van der Waals surface area contributed by atoms with Crippen molar-refractivity contribution < 1.29 is 18.6 Å². The number of hydrogen-bond acceptors (Lipinski definition) is 4. The number of sulfone groups is 1. The summed E-state index contributed by atoms with van der Waals surface area (Å²) in [6.45, 7) is 9.74. The molecule has 3 unspecified atom stereocenters. The molecule has 1 aliphatic heterocycles. The summed E-state index contributed by atoms with van der Waals surface area (Å²) in [7, 11) is -3.59. The minimum absolute atomic E-state index is 0.155. The summed E-state index contributed by atoms with van der Waals surface area (Å²) in [6, 6.07) is 0. The maximum atomic E-state index is 12.5. The molecule has 142 valence electrons. The second-order valence-electron chi connectivity index (χ2n) is 8.23. The number of allylic oxidation sites excluding steroid dienone is 3.